The van der Waals surface area contributed by atoms with Crippen molar-refractivity contribution < 1.29 is 19.2 Å². The van der Waals surface area contributed by atoms with Crippen LogP contribution in [0.25, 0.3) is 0 Å². The number of aromatic nitrogens is 3. The number of nitrogens with zero attached hydrogens (tertiary/aromatic N) is 5. The van der Waals surface area contributed by atoms with Gasteiger partial charge < -0.3 is 26.3 Å². The average molecular weight is 491 g/mol. The van der Waals surface area contributed by atoms with Gasteiger partial charge in [-0.15, -0.1) is 12.4 Å². The molecule has 0 bridgehead atoms. The normalized spacial score (nSPS) is 10.3. The maximum absolute atomic E-state index is 12.9. The van der Waals surface area contributed by atoms with Gasteiger partial charge in [-0.05, 0) is 18.2 Å². The third kappa shape index (κ3) is 5.78. The van der Waals surface area contributed by atoms with Crippen molar-refractivity contribution in [3.63, 3.8) is 0 Å². The molecule has 0 aliphatic rings. The summed E-state index contributed by atoms with van der Waals surface area (Å²) in [5, 5.41) is 2.72. The Morgan fingerprint density at radius 1 is 1.00 bits per heavy atom. The van der Waals surface area contributed by atoms with Crippen LogP contribution in [0, 0.1) is 0 Å². The molecule has 0 saturated heterocycles. The Hall–Kier alpha value is -4.19. The Morgan fingerprint density at radius 3 is 2.26 bits per heavy atom. The number of anilines is 3. The Morgan fingerprint density at radius 2 is 1.65 bits per heavy atom. The van der Waals surface area contributed by atoms with Crippen LogP contribution in [0.15, 0.2) is 49.2 Å². The highest BCUT2D eigenvalue weighted by atomic mass is 35.5. The number of nitrogens with one attached hydrogen (secondary N) is 1. The Balaban J connectivity index is 0.00000408. The number of rotatable bonds is 6. The van der Waals surface area contributed by atoms with E-state index >= 15 is 0 Å². The summed E-state index contributed by atoms with van der Waals surface area (Å²) in [7, 11) is 4.83. The smallest absolute Gasteiger partial charge is 0.332 e. The number of hydrogen-bond acceptors (Lipinski definition) is 5. The summed E-state index contributed by atoms with van der Waals surface area (Å²) in [4.78, 5) is 51.4. The zero-order valence-electron chi connectivity index (χ0n) is 19.0. The molecule has 0 aromatic carbocycles. The van der Waals surface area contributed by atoms with Gasteiger partial charge >= 0.3 is 12.1 Å². The van der Waals surface area contributed by atoms with E-state index in [1.165, 1.54) is 43.7 Å². The summed E-state index contributed by atoms with van der Waals surface area (Å²) in [6.07, 6.45) is 7.72. The lowest BCUT2D eigenvalue weighted by Crippen LogP contribution is -2.33. The number of halogens is 1. The lowest BCUT2D eigenvalue weighted by atomic mass is 10.3. The number of carbonyl (C=O) groups excluding carboxylic acids is 4. The Labute approximate surface area is 202 Å². The van der Waals surface area contributed by atoms with Crippen LogP contribution in [-0.2, 0) is 11.8 Å². The second kappa shape index (κ2) is 10.6. The van der Waals surface area contributed by atoms with Crippen LogP contribution in [0.2, 0.25) is 0 Å². The highest BCUT2D eigenvalue weighted by Gasteiger charge is 2.18. The molecule has 0 aliphatic carbocycles. The minimum atomic E-state index is -0.497. The number of nitrogens with two attached hydrogens (primary N) is 2. The summed E-state index contributed by atoms with van der Waals surface area (Å²) in [6.45, 7) is 0.184. The van der Waals surface area contributed by atoms with Crippen molar-refractivity contribution >= 4 is 53.3 Å². The van der Waals surface area contributed by atoms with E-state index in [0.717, 1.165) is 0 Å². The van der Waals surface area contributed by atoms with E-state index in [9.17, 15) is 19.2 Å². The van der Waals surface area contributed by atoms with Gasteiger partial charge in [0.1, 0.15) is 5.69 Å². The third-order valence-electron chi connectivity index (χ3n) is 5.02. The van der Waals surface area contributed by atoms with E-state index in [-0.39, 0.29) is 37.3 Å². The zero-order valence-corrected chi connectivity index (χ0v) is 19.8. The van der Waals surface area contributed by atoms with Gasteiger partial charge in [-0.25, -0.2) is 9.59 Å². The van der Waals surface area contributed by atoms with Gasteiger partial charge in [0, 0.05) is 65.1 Å². The van der Waals surface area contributed by atoms with Crippen molar-refractivity contribution in [1.29, 1.82) is 0 Å². The number of aryl methyl sites for hydroxylation is 1. The third-order valence-corrected chi connectivity index (χ3v) is 5.02. The fourth-order valence-electron chi connectivity index (χ4n) is 3.16. The molecule has 12 nitrogen and oxygen atoms in total. The minimum Gasteiger partial charge on any atom is -0.397 e. The molecule has 34 heavy (non-hydrogen) atoms. The molecule has 13 heteroatoms. The molecule has 3 rings (SSSR count). The summed E-state index contributed by atoms with van der Waals surface area (Å²) in [5.41, 5.74) is 12.6. The first-order chi connectivity index (χ1) is 15.6. The van der Waals surface area contributed by atoms with Gasteiger partial charge in [0.05, 0.1) is 17.1 Å². The SMILES string of the molecule is CN(CCC(N)=O)C(=O)n1ccc(N(C)C(=O)n2ccc(NC(=O)c3cc(N)cn3C)c2)c1.Cl. The fraction of sp³-hybridized carbons (Fsp3) is 0.238. The average Bonchev–Trinajstić information content (AvgIpc) is 3.50. The summed E-state index contributed by atoms with van der Waals surface area (Å²) in [6, 6.07) is 4.01. The first-order valence-electron chi connectivity index (χ1n) is 9.98. The predicted molar refractivity (Wildman–Crippen MR) is 130 cm³/mol. The maximum atomic E-state index is 12.9. The number of carbonyl (C=O) groups is 4. The zero-order chi connectivity index (χ0) is 24.3. The predicted octanol–water partition coefficient (Wildman–Crippen LogP) is 1.76. The molecular formula is C21H27ClN8O4. The molecule has 0 atom stereocenters. The molecule has 5 N–H and O–H groups in total. The highest BCUT2D eigenvalue weighted by molar-refractivity contribution is 6.04. The summed E-state index contributed by atoms with van der Waals surface area (Å²) < 4.78 is 4.23. The van der Waals surface area contributed by atoms with Gasteiger partial charge in [0.25, 0.3) is 5.91 Å². The monoisotopic (exact) mass is 490 g/mol. The molecule has 0 spiro atoms. The fourth-order valence-corrected chi connectivity index (χ4v) is 3.16. The van der Waals surface area contributed by atoms with Crippen LogP contribution in [0.1, 0.15) is 16.9 Å². The van der Waals surface area contributed by atoms with Crippen molar-refractivity contribution in [3.05, 3.63) is 54.9 Å². The molecule has 0 fully saturated rings. The summed E-state index contributed by atoms with van der Waals surface area (Å²) >= 11 is 0. The molecule has 3 aromatic heterocycles. The van der Waals surface area contributed by atoms with Crippen LogP contribution in [0.4, 0.5) is 26.7 Å². The Bertz CT molecular complexity index is 1210. The van der Waals surface area contributed by atoms with E-state index < -0.39 is 11.9 Å². The molecule has 4 amide bonds. The lowest BCUT2D eigenvalue weighted by Gasteiger charge is -2.17. The first kappa shape index (κ1) is 26.1. The number of amides is 4. The maximum Gasteiger partial charge on any atom is 0.332 e. The van der Waals surface area contributed by atoms with Crippen molar-refractivity contribution in [2.24, 2.45) is 12.8 Å². The lowest BCUT2D eigenvalue weighted by molar-refractivity contribution is -0.118. The first-order valence-corrected chi connectivity index (χ1v) is 9.98. The van der Waals surface area contributed by atoms with E-state index in [4.69, 9.17) is 11.5 Å². The van der Waals surface area contributed by atoms with E-state index in [1.54, 1.807) is 50.1 Å². The van der Waals surface area contributed by atoms with Gasteiger partial charge in [0.2, 0.25) is 5.91 Å². The van der Waals surface area contributed by atoms with Gasteiger partial charge in [0.15, 0.2) is 0 Å². The van der Waals surface area contributed by atoms with Crippen LogP contribution in [0.3, 0.4) is 0 Å². The van der Waals surface area contributed by atoms with Gasteiger partial charge in [-0.1, -0.05) is 0 Å². The van der Waals surface area contributed by atoms with Crippen molar-refractivity contribution in [3.8, 4) is 0 Å². The molecular weight excluding hydrogens is 464 g/mol. The second-order valence-corrected chi connectivity index (χ2v) is 7.57. The topological polar surface area (TPSA) is 154 Å². The molecule has 3 aromatic rings. The standard InChI is InChI=1S/C21H26N8O4.ClH/c1-25(7-6-18(23)30)20(32)29-9-5-16(13-29)27(3)21(33)28-8-4-15(12-28)24-19(31)17-10-14(22)11-26(17)2;/h4-5,8-13H,6-7,22H2,1-3H3,(H2,23,30)(H,24,31);1H. The van der Waals surface area contributed by atoms with Crippen LogP contribution >= 0.6 is 12.4 Å². The van der Waals surface area contributed by atoms with Crippen LogP contribution < -0.4 is 21.7 Å². The largest absolute Gasteiger partial charge is 0.397 e. The quantitative estimate of drug-likeness (QED) is 0.480. The molecule has 0 radical (unpaired) electrons. The van der Waals surface area contributed by atoms with Gasteiger partial charge in [-0.3, -0.25) is 23.6 Å². The van der Waals surface area contributed by atoms with Crippen LogP contribution in [-0.4, -0.2) is 63.1 Å². The molecule has 0 saturated carbocycles. The minimum absolute atomic E-state index is 0. The van der Waals surface area contributed by atoms with Crippen molar-refractivity contribution in [2.45, 2.75) is 6.42 Å². The van der Waals surface area contributed by atoms with Gasteiger partial charge in [-0.2, -0.15) is 0 Å². The van der Waals surface area contributed by atoms with Crippen molar-refractivity contribution in [2.75, 3.05) is 36.6 Å². The highest BCUT2D eigenvalue weighted by Crippen LogP contribution is 2.18. The van der Waals surface area contributed by atoms with E-state index in [1.807, 2.05) is 0 Å². The number of hydrogen-bond donors (Lipinski definition) is 3. The number of nitrogen functional groups attached to an aromatic ring is 1. The van der Waals surface area contributed by atoms with Crippen molar-refractivity contribution in [1.82, 2.24) is 18.6 Å². The molecule has 182 valence electrons. The van der Waals surface area contributed by atoms with Crippen LogP contribution in [0.5, 0.6) is 0 Å². The Kier molecular flexibility index (Phi) is 8.14. The number of primary amides is 1. The van der Waals surface area contributed by atoms with E-state index in [2.05, 4.69) is 5.32 Å². The molecule has 0 unspecified atom stereocenters. The molecule has 3 heterocycles. The summed E-state index contributed by atoms with van der Waals surface area (Å²) in [5.74, 6) is -0.855. The molecule has 0 aliphatic heterocycles. The second-order valence-electron chi connectivity index (χ2n) is 7.57. The van der Waals surface area contributed by atoms with E-state index in [0.29, 0.717) is 22.8 Å².